The van der Waals surface area contributed by atoms with Crippen molar-refractivity contribution >= 4 is 61.3 Å². The number of alkyl halides is 2. The first-order valence-corrected chi connectivity index (χ1v) is 19.3. The molecule has 16 nitrogen and oxygen atoms in total. The van der Waals surface area contributed by atoms with Gasteiger partial charge in [0.1, 0.15) is 35.9 Å². The number of hydrogen-bond acceptors (Lipinski definition) is 10. The number of nitrogens with zero attached hydrogens (tertiary/aromatic N) is 5. The van der Waals surface area contributed by atoms with Gasteiger partial charge in [-0.2, -0.15) is 8.42 Å². The summed E-state index contributed by atoms with van der Waals surface area (Å²) in [5, 5.41) is 12.8. The van der Waals surface area contributed by atoms with Crippen molar-refractivity contribution in [2.24, 2.45) is 7.05 Å². The highest BCUT2D eigenvalue weighted by Gasteiger charge is 2.46. The molecule has 0 bridgehead atoms. The number of phenolic OH excluding ortho intramolecular Hbond substituents is 1. The van der Waals surface area contributed by atoms with Gasteiger partial charge in [-0.15, -0.1) is 0 Å². The van der Waals surface area contributed by atoms with Gasteiger partial charge < -0.3 is 14.7 Å². The molecule has 0 saturated carbocycles. The summed E-state index contributed by atoms with van der Waals surface area (Å²) < 4.78 is 82.8. The first-order valence-electron chi connectivity index (χ1n) is 17.9. The van der Waals surface area contributed by atoms with Crippen LogP contribution in [0.2, 0.25) is 0 Å². The number of imidazole rings is 1. The number of aromatic hydroxyl groups is 1. The number of carbonyl (C=O) groups is 4. The van der Waals surface area contributed by atoms with E-state index in [4.69, 9.17) is 4.74 Å². The lowest BCUT2D eigenvalue weighted by atomic mass is 9.86. The molecular weight excluding hydrogens is 763 g/mol. The second-order valence-corrected chi connectivity index (χ2v) is 16.2. The molecule has 0 spiro atoms. The zero-order valence-electron chi connectivity index (χ0n) is 29.8. The largest absolute Gasteiger partial charge is 0.506 e. The molecule has 4 saturated heterocycles. The smallest absolute Gasteiger partial charge is 0.329 e. The Bertz CT molecular complexity index is 2520. The van der Waals surface area contributed by atoms with E-state index < -0.39 is 88.0 Å². The molecule has 1 aromatic heterocycles. The molecule has 4 fully saturated rings. The number of aromatic nitrogens is 2. The zero-order valence-corrected chi connectivity index (χ0v) is 30.7. The van der Waals surface area contributed by atoms with Gasteiger partial charge >= 0.3 is 15.9 Å². The maximum atomic E-state index is 15.8. The van der Waals surface area contributed by atoms with Crippen molar-refractivity contribution in [3.63, 3.8) is 0 Å². The summed E-state index contributed by atoms with van der Waals surface area (Å²) >= 11 is 0. The molecule has 5 heterocycles. The van der Waals surface area contributed by atoms with Crippen LogP contribution in [0.1, 0.15) is 43.2 Å². The van der Waals surface area contributed by atoms with Gasteiger partial charge in [-0.3, -0.25) is 38.5 Å². The third-order valence-corrected chi connectivity index (χ3v) is 12.3. The van der Waals surface area contributed by atoms with Gasteiger partial charge in [0.2, 0.25) is 17.7 Å². The lowest BCUT2D eigenvalue weighted by molar-refractivity contribution is -0.136. The molecule has 3 atom stereocenters. The van der Waals surface area contributed by atoms with Crippen molar-refractivity contribution in [1.82, 2.24) is 29.0 Å². The molecule has 4 aromatic rings. The van der Waals surface area contributed by atoms with Gasteiger partial charge in [0, 0.05) is 31.8 Å². The Hall–Kier alpha value is -5.63. The molecule has 3 N–H and O–H groups in total. The van der Waals surface area contributed by atoms with E-state index in [-0.39, 0.29) is 61.3 Å². The summed E-state index contributed by atoms with van der Waals surface area (Å²) in [5.41, 5.74) is -0.100. The fourth-order valence-corrected chi connectivity index (χ4v) is 9.34. The molecule has 4 aliphatic heterocycles. The summed E-state index contributed by atoms with van der Waals surface area (Å²) in [6.45, 7) is -0.987. The Morgan fingerprint density at radius 2 is 1.79 bits per heavy atom. The molecule has 56 heavy (non-hydrogen) atoms. The number of rotatable bonds is 7. The van der Waals surface area contributed by atoms with Crippen LogP contribution < -0.4 is 24.8 Å². The highest BCUT2D eigenvalue weighted by Crippen LogP contribution is 2.42. The SMILES string of the molecule is Cn1c(=O)n(C2CCC(=O)NC2=O)c2ccc(C3CCN(CC(=O)N4CC[C@@H](Oc5ccc6cc(O)c(N7CC(=O)NS7(=O)=O)c(F)c6c5)C4)CC3(F)F)cc21. The summed E-state index contributed by atoms with van der Waals surface area (Å²) in [4.78, 5) is 65.3. The summed E-state index contributed by atoms with van der Waals surface area (Å²) in [7, 11) is -2.91. The van der Waals surface area contributed by atoms with E-state index in [1.54, 1.807) is 10.8 Å². The Kier molecular flexibility index (Phi) is 9.02. The third-order valence-electron chi connectivity index (χ3n) is 10.9. The van der Waals surface area contributed by atoms with Crippen LogP contribution in [0, 0.1) is 5.82 Å². The van der Waals surface area contributed by atoms with E-state index >= 15 is 13.2 Å². The molecule has 0 radical (unpaired) electrons. The van der Waals surface area contributed by atoms with Gasteiger partial charge in [-0.25, -0.2) is 27.0 Å². The van der Waals surface area contributed by atoms with Crippen molar-refractivity contribution in [3.05, 3.63) is 64.3 Å². The van der Waals surface area contributed by atoms with Crippen LogP contribution in [0.5, 0.6) is 11.5 Å². The average Bonchev–Trinajstić information content (AvgIpc) is 3.77. The van der Waals surface area contributed by atoms with Crippen molar-refractivity contribution in [3.8, 4) is 11.5 Å². The minimum absolute atomic E-state index is 0.0356. The Labute approximate surface area is 316 Å². The summed E-state index contributed by atoms with van der Waals surface area (Å²) in [6.07, 6.45) is 0.140. The number of piperidine rings is 2. The predicted octanol–water partition coefficient (Wildman–Crippen LogP) is 1.60. The molecule has 2 unspecified atom stereocenters. The number of amides is 4. The number of halogens is 3. The third kappa shape index (κ3) is 6.49. The summed E-state index contributed by atoms with van der Waals surface area (Å²) in [6, 6.07) is 9.20. The number of likely N-dealkylation sites (tertiary alicyclic amines) is 2. The first-order chi connectivity index (χ1) is 26.5. The van der Waals surface area contributed by atoms with Crippen LogP contribution in [0.3, 0.4) is 0 Å². The predicted molar refractivity (Wildman–Crippen MR) is 193 cm³/mol. The lowest BCUT2D eigenvalue weighted by Gasteiger charge is -2.38. The van der Waals surface area contributed by atoms with Crippen LogP contribution in [0.15, 0.2) is 47.3 Å². The fraction of sp³-hybridized carbons (Fsp3) is 0.417. The van der Waals surface area contributed by atoms with E-state index in [1.165, 1.54) is 62.4 Å². The Morgan fingerprint density at radius 3 is 2.50 bits per heavy atom. The molecule has 4 amide bonds. The minimum atomic E-state index is -4.40. The molecule has 3 aromatic carbocycles. The van der Waals surface area contributed by atoms with Crippen molar-refractivity contribution in [2.45, 2.75) is 49.7 Å². The lowest BCUT2D eigenvalue weighted by Crippen LogP contribution is -2.50. The molecule has 296 valence electrons. The van der Waals surface area contributed by atoms with Crippen LogP contribution in [0.4, 0.5) is 18.9 Å². The van der Waals surface area contributed by atoms with Gasteiger partial charge in [-0.1, -0.05) is 12.1 Å². The standard InChI is InChI=1S/C36H36F3N7O9S/c1-42-27-12-20(3-5-25(27)46(35(42)52)26-6-7-29(48)40-34(26)51)24-9-10-43(18-36(24,38)39)17-31(50)44-11-8-22(15-44)55-21-4-2-19-13-28(47)33(32(37)23(19)14-21)45-16-30(49)41-56(45,53)54/h2-5,12-14,22,24,26,47H,6-11,15-18H2,1H3,(H,41,49)(H,40,48,51)/t22-,24?,26?/m1/s1. The average molecular weight is 800 g/mol. The Morgan fingerprint density at radius 1 is 1.00 bits per heavy atom. The Balaban J connectivity index is 0.906. The van der Waals surface area contributed by atoms with Crippen molar-refractivity contribution in [1.29, 1.82) is 0 Å². The number of carbonyl (C=O) groups excluding carboxylic acids is 4. The zero-order chi connectivity index (χ0) is 39.8. The number of nitrogens with one attached hydrogen (secondary N) is 2. The van der Waals surface area contributed by atoms with Crippen LogP contribution in [-0.2, 0) is 36.4 Å². The maximum Gasteiger partial charge on any atom is 0.329 e. The van der Waals surface area contributed by atoms with Crippen LogP contribution >= 0.6 is 0 Å². The number of hydrogen-bond donors (Lipinski definition) is 3. The number of ether oxygens (including phenoxy) is 1. The molecule has 20 heteroatoms. The number of aryl methyl sites for hydroxylation is 1. The second kappa shape index (κ2) is 13.5. The maximum absolute atomic E-state index is 15.8. The highest BCUT2D eigenvalue weighted by molar-refractivity contribution is 7.92. The van der Waals surface area contributed by atoms with E-state index in [0.29, 0.717) is 33.9 Å². The van der Waals surface area contributed by atoms with Gasteiger partial charge in [-0.05, 0) is 60.7 Å². The van der Waals surface area contributed by atoms with E-state index in [9.17, 15) is 37.5 Å². The van der Waals surface area contributed by atoms with Crippen molar-refractivity contribution < 1.29 is 50.6 Å². The van der Waals surface area contributed by atoms with Crippen LogP contribution in [-0.4, -0.2) is 107 Å². The fourth-order valence-electron chi connectivity index (χ4n) is 8.18. The molecular formula is C36H36F3N7O9S. The van der Waals surface area contributed by atoms with E-state index in [2.05, 4.69) is 5.32 Å². The monoisotopic (exact) mass is 799 g/mol. The topological polar surface area (TPSA) is 193 Å². The number of fused-ring (bicyclic) bond motifs is 2. The summed E-state index contributed by atoms with van der Waals surface area (Å²) in [5.74, 6) is -8.23. The van der Waals surface area contributed by atoms with Gasteiger partial charge in [0.05, 0.1) is 36.6 Å². The number of imide groups is 1. The first kappa shape index (κ1) is 37.3. The molecule has 4 aliphatic rings. The normalized spacial score (nSPS) is 23.9. The van der Waals surface area contributed by atoms with Gasteiger partial charge in [0.25, 0.3) is 11.8 Å². The molecule has 8 rings (SSSR count). The number of anilines is 1. The quantitative estimate of drug-likeness (QED) is 0.232. The van der Waals surface area contributed by atoms with E-state index in [1.807, 2.05) is 0 Å². The number of phenols is 1. The minimum Gasteiger partial charge on any atom is -0.506 e. The highest BCUT2D eigenvalue weighted by atomic mass is 32.2. The van der Waals surface area contributed by atoms with E-state index in [0.717, 1.165) is 0 Å². The number of benzene rings is 3. The second-order valence-electron chi connectivity index (χ2n) is 14.6. The van der Waals surface area contributed by atoms with Crippen molar-refractivity contribution in [2.75, 3.05) is 43.6 Å². The molecule has 0 aliphatic carbocycles. The van der Waals surface area contributed by atoms with Crippen LogP contribution in [0.25, 0.3) is 21.8 Å². The van der Waals surface area contributed by atoms with Gasteiger partial charge in [0.15, 0.2) is 5.82 Å².